The van der Waals surface area contributed by atoms with Gasteiger partial charge >= 0.3 is 0 Å². The Bertz CT molecular complexity index is 389. The summed E-state index contributed by atoms with van der Waals surface area (Å²) in [5.74, 6) is 2.02. The molecule has 0 radical (unpaired) electrons. The van der Waals surface area contributed by atoms with Crippen molar-refractivity contribution in [3.63, 3.8) is 0 Å². The highest BCUT2D eigenvalue weighted by Gasteiger charge is 2.32. The lowest BCUT2D eigenvalue weighted by atomic mass is 9.74. The van der Waals surface area contributed by atoms with Gasteiger partial charge in [0.25, 0.3) is 0 Å². The van der Waals surface area contributed by atoms with Gasteiger partial charge in [0.1, 0.15) is 5.76 Å². The summed E-state index contributed by atoms with van der Waals surface area (Å²) in [6.07, 6.45) is 12.1. The summed E-state index contributed by atoms with van der Waals surface area (Å²) in [5, 5.41) is 3.50. The molecular formula is C15H24N2O. The highest BCUT2D eigenvalue weighted by Crippen LogP contribution is 2.39. The third-order valence-electron chi connectivity index (χ3n) is 4.45. The predicted molar refractivity (Wildman–Crippen MR) is 71.7 cm³/mol. The van der Waals surface area contributed by atoms with Crippen molar-refractivity contribution in [2.45, 2.75) is 69.7 Å². The van der Waals surface area contributed by atoms with Crippen LogP contribution in [0.15, 0.2) is 10.6 Å². The fourth-order valence-electron chi connectivity index (χ4n) is 2.95. The zero-order chi connectivity index (χ0) is 12.4. The van der Waals surface area contributed by atoms with Gasteiger partial charge < -0.3 is 9.73 Å². The molecule has 0 saturated heterocycles. The lowest BCUT2D eigenvalue weighted by Gasteiger charge is -2.30. The van der Waals surface area contributed by atoms with Crippen molar-refractivity contribution < 1.29 is 4.42 Å². The van der Waals surface area contributed by atoms with Crippen LogP contribution in [0.5, 0.6) is 0 Å². The summed E-state index contributed by atoms with van der Waals surface area (Å²) < 4.78 is 5.98. The Labute approximate surface area is 109 Å². The fraction of sp³-hybridized carbons (Fsp3) is 0.800. The molecule has 2 saturated carbocycles. The highest BCUT2D eigenvalue weighted by atomic mass is 16.4. The van der Waals surface area contributed by atoms with E-state index in [4.69, 9.17) is 4.42 Å². The molecule has 100 valence electrons. The molecular weight excluding hydrogens is 224 g/mol. The summed E-state index contributed by atoms with van der Waals surface area (Å²) in [7, 11) is 0. The van der Waals surface area contributed by atoms with Gasteiger partial charge in [-0.05, 0) is 25.7 Å². The minimum Gasteiger partial charge on any atom is -0.445 e. The smallest absolute Gasteiger partial charge is 0.195 e. The molecule has 2 aliphatic rings. The number of nitrogens with one attached hydrogen (secondary N) is 1. The predicted octanol–water partition coefficient (Wildman–Crippen LogP) is 3.19. The first-order valence-corrected chi connectivity index (χ1v) is 7.45. The van der Waals surface area contributed by atoms with Gasteiger partial charge in [0.05, 0.1) is 6.20 Å². The summed E-state index contributed by atoms with van der Waals surface area (Å²) >= 11 is 0. The first kappa shape index (κ1) is 12.2. The Hall–Kier alpha value is -0.830. The van der Waals surface area contributed by atoms with Gasteiger partial charge in [0.2, 0.25) is 0 Å². The molecule has 0 aromatic carbocycles. The van der Waals surface area contributed by atoms with E-state index in [1.807, 2.05) is 6.20 Å². The lowest BCUT2D eigenvalue weighted by molar-refractivity contribution is 0.260. The van der Waals surface area contributed by atoms with Gasteiger partial charge in [0.15, 0.2) is 5.89 Å². The third-order valence-corrected chi connectivity index (χ3v) is 4.45. The second-order valence-corrected chi connectivity index (χ2v) is 6.22. The molecule has 3 nitrogen and oxygen atoms in total. The molecule has 3 rings (SSSR count). The molecule has 0 amide bonds. The highest BCUT2D eigenvalue weighted by molar-refractivity contribution is 5.11. The number of aromatic nitrogens is 1. The molecule has 2 aliphatic carbocycles. The van der Waals surface area contributed by atoms with Crippen molar-refractivity contribution in [1.29, 1.82) is 0 Å². The van der Waals surface area contributed by atoms with E-state index in [0.29, 0.717) is 0 Å². The zero-order valence-corrected chi connectivity index (χ0v) is 11.4. The largest absolute Gasteiger partial charge is 0.445 e. The molecule has 1 N–H and O–H groups in total. The van der Waals surface area contributed by atoms with Crippen molar-refractivity contribution in [1.82, 2.24) is 10.3 Å². The van der Waals surface area contributed by atoms with Crippen LogP contribution in [0, 0.1) is 0 Å². The van der Waals surface area contributed by atoms with Crippen molar-refractivity contribution in [2.24, 2.45) is 0 Å². The third kappa shape index (κ3) is 2.77. The van der Waals surface area contributed by atoms with E-state index in [-0.39, 0.29) is 5.41 Å². The minimum atomic E-state index is 0.243. The standard InChI is InChI=1S/C15H24N2O/c1-15(8-3-2-4-9-15)13-11-17-14(18-13)7-10-16-12-5-6-12/h11-12,16H,2-10H2,1H3. The number of oxazole rings is 1. The minimum absolute atomic E-state index is 0.243. The van der Waals surface area contributed by atoms with E-state index < -0.39 is 0 Å². The van der Waals surface area contributed by atoms with E-state index in [1.54, 1.807) is 0 Å². The van der Waals surface area contributed by atoms with Crippen LogP contribution < -0.4 is 5.32 Å². The number of hydrogen-bond donors (Lipinski definition) is 1. The normalized spacial score (nSPS) is 23.2. The fourth-order valence-corrected chi connectivity index (χ4v) is 2.95. The average molecular weight is 248 g/mol. The van der Waals surface area contributed by atoms with Crippen LogP contribution in [0.1, 0.15) is 63.5 Å². The summed E-state index contributed by atoms with van der Waals surface area (Å²) in [4.78, 5) is 4.45. The second kappa shape index (κ2) is 5.04. The molecule has 1 aromatic rings. The van der Waals surface area contributed by atoms with Crippen molar-refractivity contribution in [3.05, 3.63) is 17.8 Å². The van der Waals surface area contributed by atoms with E-state index in [0.717, 1.165) is 30.7 Å². The first-order valence-electron chi connectivity index (χ1n) is 7.45. The van der Waals surface area contributed by atoms with E-state index in [9.17, 15) is 0 Å². The number of rotatable bonds is 5. The van der Waals surface area contributed by atoms with Crippen LogP contribution in [-0.2, 0) is 11.8 Å². The Morgan fingerprint density at radius 2 is 2.11 bits per heavy atom. The molecule has 0 aliphatic heterocycles. The molecule has 1 heterocycles. The lowest BCUT2D eigenvalue weighted by Crippen LogP contribution is -2.24. The molecule has 0 unspecified atom stereocenters. The Morgan fingerprint density at radius 3 is 2.83 bits per heavy atom. The van der Waals surface area contributed by atoms with Gasteiger partial charge in [-0.25, -0.2) is 4.98 Å². The zero-order valence-electron chi connectivity index (χ0n) is 11.4. The van der Waals surface area contributed by atoms with Gasteiger partial charge in [-0.1, -0.05) is 26.2 Å². The SMILES string of the molecule is CC1(c2cnc(CCNC3CC3)o2)CCCCC1. The van der Waals surface area contributed by atoms with E-state index in [2.05, 4.69) is 17.2 Å². The maximum absolute atomic E-state index is 5.98. The van der Waals surface area contributed by atoms with Crippen molar-refractivity contribution in [2.75, 3.05) is 6.54 Å². The Morgan fingerprint density at radius 1 is 1.33 bits per heavy atom. The molecule has 0 bridgehead atoms. The molecule has 2 fully saturated rings. The van der Waals surface area contributed by atoms with Crippen molar-refractivity contribution >= 4 is 0 Å². The van der Waals surface area contributed by atoms with Crippen LogP contribution >= 0.6 is 0 Å². The van der Waals surface area contributed by atoms with E-state index >= 15 is 0 Å². The first-order chi connectivity index (χ1) is 8.76. The van der Waals surface area contributed by atoms with Crippen LogP contribution in [0.3, 0.4) is 0 Å². The quantitative estimate of drug-likeness (QED) is 0.869. The monoisotopic (exact) mass is 248 g/mol. The summed E-state index contributed by atoms with van der Waals surface area (Å²) in [6.45, 7) is 3.33. The van der Waals surface area contributed by atoms with Gasteiger partial charge in [0, 0.05) is 24.4 Å². The molecule has 1 aromatic heterocycles. The average Bonchev–Trinajstić information content (AvgIpc) is 3.06. The number of nitrogens with zero attached hydrogens (tertiary/aromatic N) is 1. The molecule has 18 heavy (non-hydrogen) atoms. The molecule has 0 spiro atoms. The van der Waals surface area contributed by atoms with Crippen molar-refractivity contribution in [3.8, 4) is 0 Å². The topological polar surface area (TPSA) is 38.1 Å². The Kier molecular flexibility index (Phi) is 3.42. The van der Waals surface area contributed by atoms with Crippen LogP contribution in [0.4, 0.5) is 0 Å². The van der Waals surface area contributed by atoms with Crippen LogP contribution in [0.2, 0.25) is 0 Å². The van der Waals surface area contributed by atoms with Crippen LogP contribution in [-0.4, -0.2) is 17.6 Å². The summed E-state index contributed by atoms with van der Waals surface area (Å²) in [6, 6.07) is 0.773. The van der Waals surface area contributed by atoms with Gasteiger partial charge in [-0.2, -0.15) is 0 Å². The maximum Gasteiger partial charge on any atom is 0.195 e. The summed E-state index contributed by atoms with van der Waals surface area (Å²) in [5.41, 5.74) is 0.243. The van der Waals surface area contributed by atoms with Crippen LogP contribution in [0.25, 0.3) is 0 Å². The van der Waals surface area contributed by atoms with Gasteiger partial charge in [-0.15, -0.1) is 0 Å². The Balaban J connectivity index is 1.57. The van der Waals surface area contributed by atoms with Gasteiger partial charge in [-0.3, -0.25) is 0 Å². The molecule has 0 atom stereocenters. The second-order valence-electron chi connectivity index (χ2n) is 6.22. The maximum atomic E-state index is 5.98. The number of hydrogen-bond acceptors (Lipinski definition) is 3. The van der Waals surface area contributed by atoms with E-state index in [1.165, 1.54) is 44.9 Å². The molecule has 3 heteroatoms.